The fraction of sp³-hybridized carbons (Fsp3) is 0.333. The van der Waals surface area contributed by atoms with Crippen LogP contribution in [0.15, 0.2) is 24.3 Å². The van der Waals surface area contributed by atoms with E-state index in [-0.39, 0.29) is 0 Å². The molecule has 0 saturated carbocycles. The van der Waals surface area contributed by atoms with E-state index >= 15 is 0 Å². The molecule has 0 aliphatic carbocycles. The molecule has 0 heterocycles. The number of allylic oxidation sites excluding steroid dienone is 1. The molecule has 0 N–H and O–H groups in total. The van der Waals surface area contributed by atoms with Gasteiger partial charge in [0.1, 0.15) is 0 Å². The summed E-state index contributed by atoms with van der Waals surface area (Å²) >= 11 is 0. The molecule has 0 nitrogen and oxygen atoms in total. The molecule has 0 aliphatic rings. The van der Waals surface area contributed by atoms with Crippen LogP contribution in [0.5, 0.6) is 0 Å². The van der Waals surface area contributed by atoms with Gasteiger partial charge in [0.05, 0.1) is 0 Å². The van der Waals surface area contributed by atoms with Gasteiger partial charge in [0, 0.05) is 0 Å². The molecule has 0 amide bonds. The molecule has 0 aliphatic heterocycles. The summed E-state index contributed by atoms with van der Waals surface area (Å²) in [4.78, 5) is 0. The Morgan fingerprint density at radius 1 is 1.33 bits per heavy atom. The van der Waals surface area contributed by atoms with E-state index in [9.17, 15) is 0 Å². The monoisotopic (exact) mass is 160 g/mol. The third-order valence-corrected chi connectivity index (χ3v) is 2.03. The Bertz CT molecular complexity index is 282. The zero-order chi connectivity index (χ0) is 8.97. The van der Waals surface area contributed by atoms with Gasteiger partial charge in [-0.05, 0) is 31.4 Å². The molecule has 0 atom stereocenters. The van der Waals surface area contributed by atoms with Gasteiger partial charge in [0.25, 0.3) is 0 Å². The first-order valence-electron chi connectivity index (χ1n) is 4.50. The maximum atomic E-state index is 2.26. The largest absolute Gasteiger partial charge is 0.0871 e. The number of aryl methyl sites for hydroxylation is 2. The lowest BCUT2D eigenvalue weighted by molar-refractivity contribution is 1.12. The fourth-order valence-corrected chi connectivity index (χ4v) is 1.38. The van der Waals surface area contributed by atoms with Crippen molar-refractivity contribution in [1.82, 2.24) is 0 Å². The predicted octanol–water partition coefficient (Wildman–Crippen LogP) is 3.59. The van der Waals surface area contributed by atoms with Gasteiger partial charge in [-0.25, -0.2) is 0 Å². The van der Waals surface area contributed by atoms with Crippen LogP contribution in [-0.4, -0.2) is 0 Å². The average Bonchev–Trinajstić information content (AvgIpc) is 2.08. The van der Waals surface area contributed by atoms with E-state index < -0.39 is 0 Å². The molecule has 0 saturated heterocycles. The van der Waals surface area contributed by atoms with Crippen molar-refractivity contribution in [1.29, 1.82) is 0 Å². The summed E-state index contributed by atoms with van der Waals surface area (Å²) in [5, 5.41) is 0. The molecule has 12 heavy (non-hydrogen) atoms. The van der Waals surface area contributed by atoms with E-state index in [1.807, 2.05) is 0 Å². The van der Waals surface area contributed by atoms with E-state index in [2.05, 4.69) is 51.1 Å². The lowest BCUT2D eigenvalue weighted by atomic mass is 10.0. The predicted molar refractivity (Wildman–Crippen MR) is 55.3 cm³/mol. The van der Waals surface area contributed by atoms with Crippen LogP contribution in [-0.2, 0) is 6.42 Å². The quantitative estimate of drug-likeness (QED) is 0.620. The normalized spacial score (nSPS) is 10.9. The second-order valence-corrected chi connectivity index (χ2v) is 3.06. The van der Waals surface area contributed by atoms with Crippen LogP contribution >= 0.6 is 0 Å². The average molecular weight is 160 g/mol. The van der Waals surface area contributed by atoms with Gasteiger partial charge in [-0.2, -0.15) is 0 Å². The van der Waals surface area contributed by atoms with Crippen LogP contribution in [0, 0.1) is 6.92 Å². The highest BCUT2D eigenvalue weighted by Gasteiger charge is 1.95. The van der Waals surface area contributed by atoms with Crippen molar-refractivity contribution < 1.29 is 0 Å². The van der Waals surface area contributed by atoms with E-state index in [4.69, 9.17) is 0 Å². The van der Waals surface area contributed by atoms with E-state index in [1.165, 1.54) is 16.7 Å². The first-order chi connectivity index (χ1) is 5.77. The molecule has 1 aromatic rings. The van der Waals surface area contributed by atoms with Crippen LogP contribution in [0.4, 0.5) is 0 Å². The zero-order valence-corrected chi connectivity index (χ0v) is 8.09. The summed E-state index contributed by atoms with van der Waals surface area (Å²) in [6.07, 6.45) is 5.36. The minimum Gasteiger partial charge on any atom is -0.0871 e. The Labute approximate surface area is 74.9 Å². The number of hydrogen-bond acceptors (Lipinski definition) is 0. The molecule has 0 heteroatoms. The van der Waals surface area contributed by atoms with Crippen molar-refractivity contribution in [3.8, 4) is 0 Å². The number of hydrogen-bond donors (Lipinski definition) is 0. The minimum atomic E-state index is 1.11. The fourth-order valence-electron chi connectivity index (χ4n) is 1.38. The molecule has 1 aromatic carbocycles. The van der Waals surface area contributed by atoms with Gasteiger partial charge in [-0.1, -0.05) is 42.8 Å². The smallest absolute Gasteiger partial charge is 0.0228 e. The van der Waals surface area contributed by atoms with E-state index in [0.29, 0.717) is 0 Å². The van der Waals surface area contributed by atoms with Crippen LogP contribution in [0.2, 0.25) is 0 Å². The third kappa shape index (κ3) is 1.97. The van der Waals surface area contributed by atoms with Crippen molar-refractivity contribution in [3.63, 3.8) is 0 Å². The van der Waals surface area contributed by atoms with Crippen molar-refractivity contribution in [2.75, 3.05) is 0 Å². The van der Waals surface area contributed by atoms with Gasteiger partial charge >= 0.3 is 0 Å². The highest BCUT2D eigenvalue weighted by Crippen LogP contribution is 2.13. The Kier molecular flexibility index (Phi) is 3.09. The summed E-state index contributed by atoms with van der Waals surface area (Å²) in [5.74, 6) is 0. The molecular formula is C12H16. The van der Waals surface area contributed by atoms with Crippen LogP contribution in [0.25, 0.3) is 6.08 Å². The summed E-state index contributed by atoms with van der Waals surface area (Å²) in [6.45, 7) is 6.39. The SMILES string of the molecule is CC=Cc1ccc(C)cc1CC. The van der Waals surface area contributed by atoms with E-state index in [1.54, 1.807) is 0 Å². The maximum absolute atomic E-state index is 2.26. The van der Waals surface area contributed by atoms with Gasteiger partial charge in [-0.3, -0.25) is 0 Å². The van der Waals surface area contributed by atoms with Crippen molar-refractivity contribution >= 4 is 6.08 Å². The van der Waals surface area contributed by atoms with E-state index in [0.717, 1.165) is 6.42 Å². The summed E-state index contributed by atoms with van der Waals surface area (Å²) in [7, 11) is 0. The molecule has 0 unspecified atom stereocenters. The van der Waals surface area contributed by atoms with Gasteiger partial charge in [0.2, 0.25) is 0 Å². The number of rotatable bonds is 2. The summed E-state index contributed by atoms with van der Waals surface area (Å²) < 4.78 is 0. The Balaban J connectivity index is 3.10. The molecule has 0 spiro atoms. The topological polar surface area (TPSA) is 0 Å². The molecule has 0 fully saturated rings. The second-order valence-electron chi connectivity index (χ2n) is 3.06. The molecule has 64 valence electrons. The number of benzene rings is 1. The van der Waals surface area contributed by atoms with Gasteiger partial charge in [0.15, 0.2) is 0 Å². The summed E-state index contributed by atoms with van der Waals surface area (Å²) in [5.41, 5.74) is 4.14. The van der Waals surface area contributed by atoms with Crippen molar-refractivity contribution in [2.45, 2.75) is 27.2 Å². The van der Waals surface area contributed by atoms with Crippen LogP contribution in [0.1, 0.15) is 30.5 Å². The minimum absolute atomic E-state index is 1.11. The molecule has 0 radical (unpaired) electrons. The first kappa shape index (κ1) is 9.05. The van der Waals surface area contributed by atoms with Crippen LogP contribution in [0.3, 0.4) is 0 Å². The molecule has 0 aromatic heterocycles. The van der Waals surface area contributed by atoms with Crippen molar-refractivity contribution in [3.05, 3.63) is 41.0 Å². The molecule has 0 bridgehead atoms. The molecule has 1 rings (SSSR count). The highest BCUT2D eigenvalue weighted by atomic mass is 14.0. The Morgan fingerprint density at radius 2 is 2.08 bits per heavy atom. The highest BCUT2D eigenvalue weighted by molar-refractivity contribution is 5.54. The molecular weight excluding hydrogens is 144 g/mol. The lowest BCUT2D eigenvalue weighted by Gasteiger charge is -2.03. The van der Waals surface area contributed by atoms with Gasteiger partial charge in [-0.15, -0.1) is 0 Å². The zero-order valence-electron chi connectivity index (χ0n) is 8.09. The summed E-state index contributed by atoms with van der Waals surface area (Å²) in [6, 6.07) is 6.61. The standard InChI is InChI=1S/C12H16/c1-4-6-12-8-7-10(3)9-11(12)5-2/h4,6-9H,5H2,1-3H3. The Morgan fingerprint density at radius 3 is 2.67 bits per heavy atom. The third-order valence-electron chi connectivity index (χ3n) is 2.03. The van der Waals surface area contributed by atoms with Crippen molar-refractivity contribution in [2.24, 2.45) is 0 Å². The van der Waals surface area contributed by atoms with Crippen LogP contribution < -0.4 is 0 Å². The lowest BCUT2D eigenvalue weighted by Crippen LogP contribution is -1.86. The first-order valence-corrected chi connectivity index (χ1v) is 4.50. The Hall–Kier alpha value is -1.04. The maximum Gasteiger partial charge on any atom is -0.0228 e. The van der Waals surface area contributed by atoms with Gasteiger partial charge < -0.3 is 0 Å². The second kappa shape index (κ2) is 4.10.